The van der Waals surface area contributed by atoms with Gasteiger partial charge in [0.2, 0.25) is 0 Å². The van der Waals surface area contributed by atoms with Gasteiger partial charge in [0.15, 0.2) is 6.10 Å². The first-order valence-electron chi connectivity index (χ1n) is 8.74. The van der Waals surface area contributed by atoms with E-state index in [1.165, 1.54) is 0 Å². The summed E-state index contributed by atoms with van der Waals surface area (Å²) in [5.74, 6) is 1.41. The first-order chi connectivity index (χ1) is 12.0. The van der Waals surface area contributed by atoms with Crippen molar-refractivity contribution >= 4 is 5.91 Å². The molecule has 0 heterocycles. The summed E-state index contributed by atoms with van der Waals surface area (Å²) < 4.78 is 11.5. The molecule has 134 valence electrons. The summed E-state index contributed by atoms with van der Waals surface area (Å²) >= 11 is 0. The highest BCUT2D eigenvalue weighted by molar-refractivity contribution is 5.81. The zero-order valence-electron chi connectivity index (χ0n) is 15.4. The lowest BCUT2D eigenvalue weighted by atomic mass is 10.2. The van der Waals surface area contributed by atoms with Gasteiger partial charge >= 0.3 is 0 Å². The molecule has 4 heteroatoms. The molecule has 0 fully saturated rings. The minimum atomic E-state index is -0.502. The summed E-state index contributed by atoms with van der Waals surface area (Å²) in [6.45, 7) is 8.38. The van der Waals surface area contributed by atoms with Gasteiger partial charge in [-0.25, -0.2) is 0 Å². The van der Waals surface area contributed by atoms with E-state index in [0.29, 0.717) is 18.7 Å². The number of benzene rings is 2. The molecule has 0 aliphatic heterocycles. The van der Waals surface area contributed by atoms with Crippen LogP contribution in [-0.2, 0) is 11.3 Å². The minimum Gasteiger partial charge on any atom is -0.491 e. The van der Waals surface area contributed by atoms with Crippen LogP contribution in [0.5, 0.6) is 11.5 Å². The summed E-state index contributed by atoms with van der Waals surface area (Å²) in [5.41, 5.74) is 2.16. The fraction of sp³-hybridized carbons (Fsp3) is 0.381. The predicted molar refractivity (Wildman–Crippen MR) is 99.9 cm³/mol. The molecule has 0 saturated carbocycles. The normalized spacial score (nSPS) is 11.9. The average molecular weight is 341 g/mol. The van der Waals surface area contributed by atoms with E-state index in [0.717, 1.165) is 16.9 Å². The van der Waals surface area contributed by atoms with E-state index < -0.39 is 6.10 Å². The van der Waals surface area contributed by atoms with E-state index >= 15 is 0 Å². The first kappa shape index (κ1) is 18.8. The van der Waals surface area contributed by atoms with Crippen molar-refractivity contribution in [3.05, 3.63) is 59.7 Å². The van der Waals surface area contributed by atoms with Gasteiger partial charge in [-0.1, -0.05) is 36.8 Å². The van der Waals surface area contributed by atoms with Crippen molar-refractivity contribution in [2.75, 3.05) is 0 Å². The largest absolute Gasteiger partial charge is 0.491 e. The molecule has 2 aromatic rings. The number of amides is 1. The molecule has 2 rings (SSSR count). The maximum Gasteiger partial charge on any atom is 0.261 e. The molecule has 25 heavy (non-hydrogen) atoms. The molecule has 2 aromatic carbocycles. The van der Waals surface area contributed by atoms with Gasteiger partial charge in [0.25, 0.3) is 5.91 Å². The van der Waals surface area contributed by atoms with Crippen LogP contribution in [0, 0.1) is 6.92 Å². The zero-order chi connectivity index (χ0) is 18.2. The lowest BCUT2D eigenvalue weighted by Gasteiger charge is -2.18. The van der Waals surface area contributed by atoms with Crippen LogP contribution in [0.3, 0.4) is 0 Å². The highest BCUT2D eigenvalue weighted by atomic mass is 16.5. The van der Waals surface area contributed by atoms with E-state index in [-0.39, 0.29) is 12.0 Å². The van der Waals surface area contributed by atoms with E-state index in [4.69, 9.17) is 9.47 Å². The zero-order valence-corrected chi connectivity index (χ0v) is 15.4. The van der Waals surface area contributed by atoms with Crippen molar-refractivity contribution in [3.8, 4) is 11.5 Å². The Bertz CT molecular complexity index is 680. The van der Waals surface area contributed by atoms with Crippen LogP contribution in [0.2, 0.25) is 0 Å². The van der Waals surface area contributed by atoms with Crippen molar-refractivity contribution < 1.29 is 14.3 Å². The molecule has 0 saturated heterocycles. The Kier molecular flexibility index (Phi) is 6.87. The molecule has 0 aromatic heterocycles. The summed E-state index contributed by atoms with van der Waals surface area (Å²) in [5, 5.41) is 2.94. The standard InChI is InChI=1S/C21H27NO3/c1-5-20(25-18-11-9-16(4)10-12-18)21(23)22-14-17-7-6-8-19(13-17)24-15(2)3/h6-13,15,20H,5,14H2,1-4H3,(H,22,23). The lowest BCUT2D eigenvalue weighted by molar-refractivity contribution is -0.128. The van der Waals surface area contributed by atoms with Crippen molar-refractivity contribution in [3.63, 3.8) is 0 Å². The van der Waals surface area contributed by atoms with E-state index in [2.05, 4.69) is 5.32 Å². The topological polar surface area (TPSA) is 47.6 Å². The quantitative estimate of drug-likeness (QED) is 0.780. The highest BCUT2D eigenvalue weighted by Gasteiger charge is 2.18. The molecule has 4 nitrogen and oxygen atoms in total. The van der Waals surface area contributed by atoms with Gasteiger partial charge in [0, 0.05) is 6.54 Å². The molecule has 0 aliphatic rings. The Balaban J connectivity index is 1.92. The second-order valence-electron chi connectivity index (χ2n) is 6.36. The molecule has 1 unspecified atom stereocenters. The molecule has 0 spiro atoms. The average Bonchev–Trinajstić information content (AvgIpc) is 2.59. The van der Waals surface area contributed by atoms with Crippen LogP contribution in [-0.4, -0.2) is 18.1 Å². The monoisotopic (exact) mass is 341 g/mol. The maximum absolute atomic E-state index is 12.4. The molecule has 0 radical (unpaired) electrons. The smallest absolute Gasteiger partial charge is 0.261 e. The second kappa shape index (κ2) is 9.11. The lowest BCUT2D eigenvalue weighted by Crippen LogP contribution is -2.37. The number of hydrogen-bond acceptors (Lipinski definition) is 3. The third-order valence-electron chi connectivity index (χ3n) is 3.70. The molecular weight excluding hydrogens is 314 g/mol. The van der Waals surface area contributed by atoms with Crippen molar-refractivity contribution in [1.82, 2.24) is 5.32 Å². The Morgan fingerprint density at radius 1 is 1.04 bits per heavy atom. The van der Waals surface area contributed by atoms with E-state index in [1.807, 2.05) is 76.2 Å². The fourth-order valence-electron chi connectivity index (χ4n) is 2.41. The van der Waals surface area contributed by atoms with Crippen LogP contribution in [0.15, 0.2) is 48.5 Å². The van der Waals surface area contributed by atoms with Gasteiger partial charge in [0.1, 0.15) is 11.5 Å². The number of ether oxygens (including phenoxy) is 2. The Morgan fingerprint density at radius 3 is 2.40 bits per heavy atom. The van der Waals surface area contributed by atoms with Gasteiger partial charge in [-0.15, -0.1) is 0 Å². The van der Waals surface area contributed by atoms with Crippen LogP contribution in [0.4, 0.5) is 0 Å². The molecule has 1 atom stereocenters. The fourth-order valence-corrected chi connectivity index (χ4v) is 2.41. The Morgan fingerprint density at radius 2 is 1.76 bits per heavy atom. The van der Waals surface area contributed by atoms with Crippen molar-refractivity contribution in [1.29, 1.82) is 0 Å². The number of carbonyl (C=O) groups excluding carboxylic acids is 1. The van der Waals surface area contributed by atoms with Gasteiger partial charge in [-0.3, -0.25) is 4.79 Å². The predicted octanol–water partition coefficient (Wildman–Crippen LogP) is 4.26. The second-order valence-corrected chi connectivity index (χ2v) is 6.36. The Labute approximate surface area is 150 Å². The summed E-state index contributed by atoms with van der Waals surface area (Å²) in [6.07, 6.45) is 0.228. The van der Waals surface area contributed by atoms with Crippen LogP contribution < -0.4 is 14.8 Å². The van der Waals surface area contributed by atoms with Crippen LogP contribution >= 0.6 is 0 Å². The van der Waals surface area contributed by atoms with Gasteiger partial charge in [-0.05, 0) is 57.0 Å². The van der Waals surface area contributed by atoms with E-state index in [1.54, 1.807) is 0 Å². The first-order valence-corrected chi connectivity index (χ1v) is 8.74. The Hall–Kier alpha value is -2.49. The molecule has 1 amide bonds. The minimum absolute atomic E-state index is 0.113. The maximum atomic E-state index is 12.4. The molecule has 0 bridgehead atoms. The van der Waals surface area contributed by atoms with Gasteiger partial charge < -0.3 is 14.8 Å². The van der Waals surface area contributed by atoms with Crippen LogP contribution in [0.25, 0.3) is 0 Å². The molecule has 1 N–H and O–H groups in total. The summed E-state index contributed by atoms with van der Waals surface area (Å²) in [4.78, 5) is 12.4. The van der Waals surface area contributed by atoms with Gasteiger partial charge in [0.05, 0.1) is 6.10 Å². The third kappa shape index (κ3) is 6.14. The van der Waals surface area contributed by atoms with Gasteiger partial charge in [-0.2, -0.15) is 0 Å². The summed E-state index contributed by atoms with van der Waals surface area (Å²) in [6, 6.07) is 15.5. The number of nitrogens with one attached hydrogen (secondary N) is 1. The van der Waals surface area contributed by atoms with Crippen molar-refractivity contribution in [2.45, 2.75) is 52.9 Å². The number of aryl methyl sites for hydroxylation is 1. The number of rotatable bonds is 8. The number of carbonyl (C=O) groups is 1. The SMILES string of the molecule is CCC(Oc1ccc(C)cc1)C(=O)NCc1cccc(OC(C)C)c1. The summed E-state index contributed by atoms with van der Waals surface area (Å²) in [7, 11) is 0. The number of hydrogen-bond donors (Lipinski definition) is 1. The van der Waals surface area contributed by atoms with E-state index in [9.17, 15) is 4.79 Å². The molecule has 0 aliphatic carbocycles. The van der Waals surface area contributed by atoms with Crippen molar-refractivity contribution in [2.24, 2.45) is 0 Å². The van der Waals surface area contributed by atoms with Crippen LogP contribution in [0.1, 0.15) is 38.3 Å². The highest BCUT2D eigenvalue weighted by Crippen LogP contribution is 2.16. The molecular formula is C21H27NO3. The third-order valence-corrected chi connectivity index (χ3v) is 3.70.